The van der Waals surface area contributed by atoms with E-state index in [4.69, 9.17) is 9.47 Å². The summed E-state index contributed by atoms with van der Waals surface area (Å²) < 4.78 is 12.0. The van der Waals surface area contributed by atoms with Crippen molar-refractivity contribution in [3.8, 4) is 0 Å². The first-order chi connectivity index (χ1) is 8.41. The van der Waals surface area contributed by atoms with Crippen LogP contribution < -0.4 is 0 Å². The first kappa shape index (κ1) is 17.4. The van der Waals surface area contributed by atoms with E-state index in [2.05, 4.69) is 41.7 Å². The van der Waals surface area contributed by atoms with E-state index in [0.717, 1.165) is 26.1 Å². The van der Waals surface area contributed by atoms with Gasteiger partial charge in [0.15, 0.2) is 0 Å². The Morgan fingerprint density at radius 1 is 0.882 bits per heavy atom. The lowest BCUT2D eigenvalue weighted by Gasteiger charge is -2.04. The van der Waals surface area contributed by atoms with Crippen LogP contribution in [0.4, 0.5) is 0 Å². The van der Waals surface area contributed by atoms with E-state index in [1.807, 2.05) is 0 Å². The summed E-state index contributed by atoms with van der Waals surface area (Å²) in [5.74, 6) is 0. The molecule has 0 aliphatic rings. The van der Waals surface area contributed by atoms with Gasteiger partial charge in [0.1, 0.15) is 6.79 Å². The molecule has 2 nitrogen and oxygen atoms in total. The second kappa shape index (κ2) is 16.4. The molecule has 0 aromatic rings. The highest BCUT2D eigenvalue weighted by Gasteiger charge is 1.90. The summed E-state index contributed by atoms with van der Waals surface area (Å²) in [6.45, 7) is 4.30. The molecule has 0 aliphatic carbocycles. The van der Waals surface area contributed by atoms with Gasteiger partial charge in [-0.2, -0.15) is 0 Å². The SMILES string of the molecule is CCCCCCCOCOCCC=CCCI. The summed E-state index contributed by atoms with van der Waals surface area (Å²) in [4.78, 5) is 0. The third kappa shape index (κ3) is 16.4. The Balaban J connectivity index is 2.94. The zero-order chi connectivity index (χ0) is 12.6. The van der Waals surface area contributed by atoms with Crippen molar-refractivity contribution in [1.82, 2.24) is 0 Å². The van der Waals surface area contributed by atoms with Crippen molar-refractivity contribution < 1.29 is 9.47 Å². The maximum Gasteiger partial charge on any atom is 0.146 e. The molecule has 0 atom stereocenters. The van der Waals surface area contributed by atoms with Gasteiger partial charge < -0.3 is 9.47 Å². The van der Waals surface area contributed by atoms with Crippen LogP contribution >= 0.6 is 22.6 Å². The smallest absolute Gasteiger partial charge is 0.146 e. The Labute approximate surface area is 120 Å². The topological polar surface area (TPSA) is 18.5 Å². The molecule has 0 aliphatic heterocycles. The van der Waals surface area contributed by atoms with Crippen LogP contribution in [0.1, 0.15) is 51.9 Å². The van der Waals surface area contributed by atoms with Crippen molar-refractivity contribution in [2.75, 3.05) is 24.4 Å². The Morgan fingerprint density at radius 2 is 1.59 bits per heavy atom. The Bertz CT molecular complexity index is 160. The summed E-state index contributed by atoms with van der Waals surface area (Å²) in [6.07, 6.45) is 13.0. The lowest BCUT2D eigenvalue weighted by atomic mass is 10.2. The van der Waals surface area contributed by atoms with Gasteiger partial charge in [0.25, 0.3) is 0 Å². The number of hydrogen-bond acceptors (Lipinski definition) is 2. The predicted molar refractivity (Wildman–Crippen MR) is 82.8 cm³/mol. The van der Waals surface area contributed by atoms with Gasteiger partial charge in [-0.05, 0) is 19.3 Å². The number of halogens is 1. The molecule has 0 spiro atoms. The van der Waals surface area contributed by atoms with E-state index in [1.165, 1.54) is 36.5 Å². The number of unbranched alkanes of at least 4 members (excludes halogenated alkanes) is 4. The van der Waals surface area contributed by atoms with Crippen LogP contribution in [0.15, 0.2) is 12.2 Å². The molecule has 0 rings (SSSR count). The largest absolute Gasteiger partial charge is 0.355 e. The minimum Gasteiger partial charge on any atom is -0.355 e. The van der Waals surface area contributed by atoms with Gasteiger partial charge in [-0.1, -0.05) is 67.3 Å². The first-order valence-corrected chi connectivity index (χ1v) is 8.30. The van der Waals surface area contributed by atoms with Gasteiger partial charge in [-0.15, -0.1) is 0 Å². The Kier molecular flexibility index (Phi) is 16.8. The van der Waals surface area contributed by atoms with E-state index >= 15 is 0 Å². The van der Waals surface area contributed by atoms with Crippen molar-refractivity contribution in [2.45, 2.75) is 51.9 Å². The van der Waals surface area contributed by atoms with Crippen molar-refractivity contribution in [2.24, 2.45) is 0 Å². The van der Waals surface area contributed by atoms with Gasteiger partial charge in [-0.25, -0.2) is 0 Å². The molecule has 0 bridgehead atoms. The van der Waals surface area contributed by atoms with Gasteiger partial charge in [0, 0.05) is 11.0 Å². The summed E-state index contributed by atoms with van der Waals surface area (Å²) in [5.41, 5.74) is 0. The van der Waals surface area contributed by atoms with E-state index in [0.29, 0.717) is 6.79 Å². The highest BCUT2D eigenvalue weighted by Crippen LogP contribution is 2.02. The standard InChI is InChI=1S/C14H27IO2/c1-2-3-4-6-9-12-16-14-17-13-10-7-5-8-11-15/h5,7H,2-4,6,8-14H2,1H3. The monoisotopic (exact) mass is 354 g/mol. The third-order valence-corrected chi connectivity index (χ3v) is 3.05. The summed E-state index contributed by atoms with van der Waals surface area (Å²) >= 11 is 2.38. The van der Waals surface area contributed by atoms with E-state index in [-0.39, 0.29) is 0 Å². The average molecular weight is 354 g/mol. The zero-order valence-corrected chi connectivity index (χ0v) is 13.3. The van der Waals surface area contributed by atoms with Crippen LogP contribution in [-0.2, 0) is 9.47 Å². The molecular weight excluding hydrogens is 327 g/mol. The normalized spacial score (nSPS) is 11.4. The van der Waals surface area contributed by atoms with Gasteiger partial charge >= 0.3 is 0 Å². The predicted octanol–water partition coefficient (Wildman–Crippen LogP) is 4.72. The zero-order valence-electron chi connectivity index (χ0n) is 11.1. The van der Waals surface area contributed by atoms with Gasteiger partial charge in [-0.3, -0.25) is 0 Å². The molecule has 0 unspecified atom stereocenters. The number of ether oxygens (including phenoxy) is 2. The second-order valence-electron chi connectivity index (χ2n) is 4.09. The number of rotatable bonds is 13. The molecule has 0 radical (unpaired) electrons. The molecule has 102 valence electrons. The second-order valence-corrected chi connectivity index (χ2v) is 5.17. The van der Waals surface area contributed by atoms with E-state index in [1.54, 1.807) is 0 Å². The molecule has 0 saturated heterocycles. The maximum atomic E-state index is 5.39. The Hall–Kier alpha value is 0.390. The van der Waals surface area contributed by atoms with Crippen LogP contribution in [0, 0.1) is 0 Å². The molecule has 0 aromatic heterocycles. The molecule has 0 amide bonds. The van der Waals surface area contributed by atoms with Crippen molar-refractivity contribution in [3.05, 3.63) is 12.2 Å². The van der Waals surface area contributed by atoms with Crippen LogP contribution in [0.2, 0.25) is 0 Å². The Morgan fingerprint density at radius 3 is 2.35 bits per heavy atom. The highest BCUT2D eigenvalue weighted by atomic mass is 127. The summed E-state index contributed by atoms with van der Waals surface area (Å²) in [6, 6.07) is 0. The van der Waals surface area contributed by atoms with Crippen molar-refractivity contribution in [3.63, 3.8) is 0 Å². The lowest BCUT2D eigenvalue weighted by molar-refractivity contribution is -0.0531. The fourth-order valence-electron chi connectivity index (χ4n) is 1.43. The fourth-order valence-corrected chi connectivity index (χ4v) is 1.79. The molecular formula is C14H27IO2. The number of hydrogen-bond donors (Lipinski definition) is 0. The van der Waals surface area contributed by atoms with E-state index in [9.17, 15) is 0 Å². The van der Waals surface area contributed by atoms with Crippen LogP contribution in [0.5, 0.6) is 0 Å². The maximum absolute atomic E-state index is 5.39. The third-order valence-electron chi connectivity index (χ3n) is 2.43. The first-order valence-electron chi connectivity index (χ1n) is 6.78. The number of allylic oxidation sites excluding steroid dienone is 1. The molecule has 3 heteroatoms. The van der Waals surface area contributed by atoms with Crippen LogP contribution in [0.25, 0.3) is 0 Å². The molecule has 0 saturated carbocycles. The fraction of sp³-hybridized carbons (Fsp3) is 0.857. The quantitative estimate of drug-likeness (QED) is 0.157. The van der Waals surface area contributed by atoms with Crippen LogP contribution in [0.3, 0.4) is 0 Å². The minimum absolute atomic E-state index is 0.452. The molecule has 0 aromatic carbocycles. The highest BCUT2D eigenvalue weighted by molar-refractivity contribution is 14.1. The average Bonchev–Trinajstić information content (AvgIpc) is 2.35. The molecule has 17 heavy (non-hydrogen) atoms. The summed E-state index contributed by atoms with van der Waals surface area (Å²) in [7, 11) is 0. The minimum atomic E-state index is 0.452. The van der Waals surface area contributed by atoms with Gasteiger partial charge in [0.2, 0.25) is 0 Å². The van der Waals surface area contributed by atoms with Crippen molar-refractivity contribution >= 4 is 22.6 Å². The lowest BCUT2D eigenvalue weighted by Crippen LogP contribution is -2.02. The summed E-state index contributed by atoms with van der Waals surface area (Å²) in [5, 5.41) is 0. The number of alkyl halides is 1. The molecule has 0 N–H and O–H groups in total. The van der Waals surface area contributed by atoms with Crippen LogP contribution in [-0.4, -0.2) is 24.4 Å². The van der Waals surface area contributed by atoms with E-state index < -0.39 is 0 Å². The van der Waals surface area contributed by atoms with Crippen molar-refractivity contribution in [1.29, 1.82) is 0 Å². The molecule has 0 heterocycles. The molecule has 0 fully saturated rings. The van der Waals surface area contributed by atoms with Gasteiger partial charge in [0.05, 0.1) is 6.61 Å².